The molecule has 1 unspecified atom stereocenters. The third kappa shape index (κ3) is 3.21. The minimum Gasteiger partial charge on any atom is -0.344 e. The molecular weight excluding hydrogens is 312 g/mol. The van der Waals surface area contributed by atoms with E-state index in [1.165, 1.54) is 25.7 Å². The molecule has 140 valence electrons. The highest BCUT2D eigenvalue weighted by molar-refractivity contribution is 5.90. The zero-order valence-electron chi connectivity index (χ0n) is 15.9. The molecule has 1 atom stereocenters. The van der Waals surface area contributed by atoms with Crippen molar-refractivity contribution in [1.29, 1.82) is 0 Å². The highest BCUT2D eigenvalue weighted by Gasteiger charge is 2.55. The third-order valence-electron chi connectivity index (χ3n) is 7.41. The third-order valence-corrected chi connectivity index (χ3v) is 7.41. The average Bonchev–Trinajstić information content (AvgIpc) is 2.58. The predicted octanol–water partition coefficient (Wildman–Crippen LogP) is 3.36. The molecule has 5 aliphatic rings. The molecular formula is C21H34N2O2. The van der Waals surface area contributed by atoms with Crippen LogP contribution < -0.4 is 5.32 Å². The Balaban J connectivity index is 1.46. The van der Waals surface area contributed by atoms with E-state index in [2.05, 4.69) is 19.2 Å². The fourth-order valence-corrected chi connectivity index (χ4v) is 6.51. The zero-order chi connectivity index (χ0) is 17.6. The van der Waals surface area contributed by atoms with E-state index < -0.39 is 0 Å². The van der Waals surface area contributed by atoms with Crippen LogP contribution in [0.3, 0.4) is 0 Å². The summed E-state index contributed by atoms with van der Waals surface area (Å²) in [4.78, 5) is 28.3. The number of hydrogen-bond donors (Lipinski definition) is 1. The summed E-state index contributed by atoms with van der Waals surface area (Å²) in [5, 5.41) is 3.24. The Morgan fingerprint density at radius 1 is 0.920 bits per heavy atom. The summed E-state index contributed by atoms with van der Waals surface area (Å²) in [7, 11) is 0. The predicted molar refractivity (Wildman–Crippen MR) is 97.8 cm³/mol. The van der Waals surface area contributed by atoms with Crippen molar-refractivity contribution >= 4 is 11.8 Å². The maximum Gasteiger partial charge on any atom is 0.245 e. The first-order valence-electron chi connectivity index (χ1n) is 10.6. The quantitative estimate of drug-likeness (QED) is 0.848. The molecule has 0 radical (unpaired) electrons. The lowest BCUT2D eigenvalue weighted by atomic mass is 9.49. The van der Waals surface area contributed by atoms with Gasteiger partial charge in [0.2, 0.25) is 11.8 Å². The summed E-state index contributed by atoms with van der Waals surface area (Å²) in [6.07, 6.45) is 10.6. The Labute approximate surface area is 152 Å². The van der Waals surface area contributed by atoms with E-state index in [4.69, 9.17) is 0 Å². The molecule has 1 saturated heterocycles. The molecule has 5 rings (SSSR count). The summed E-state index contributed by atoms with van der Waals surface area (Å²) < 4.78 is 0. The number of hydrogen-bond acceptors (Lipinski definition) is 2. The van der Waals surface area contributed by atoms with Gasteiger partial charge in [0, 0.05) is 18.5 Å². The van der Waals surface area contributed by atoms with Gasteiger partial charge >= 0.3 is 0 Å². The van der Waals surface area contributed by atoms with E-state index in [9.17, 15) is 9.59 Å². The van der Waals surface area contributed by atoms with Gasteiger partial charge in [-0.15, -0.1) is 0 Å². The highest BCUT2D eigenvalue weighted by atomic mass is 16.2. The second kappa shape index (κ2) is 6.59. The topological polar surface area (TPSA) is 49.4 Å². The van der Waals surface area contributed by atoms with Crippen molar-refractivity contribution in [3.05, 3.63) is 0 Å². The highest BCUT2D eigenvalue weighted by Crippen LogP contribution is 2.60. The second-order valence-electron chi connectivity index (χ2n) is 9.78. The van der Waals surface area contributed by atoms with Gasteiger partial charge in [-0.25, -0.2) is 0 Å². The molecule has 1 aliphatic heterocycles. The van der Waals surface area contributed by atoms with Crippen molar-refractivity contribution in [2.24, 2.45) is 29.1 Å². The molecule has 0 aromatic heterocycles. The molecule has 0 aromatic carbocycles. The van der Waals surface area contributed by atoms with Gasteiger partial charge < -0.3 is 10.2 Å². The number of rotatable bonds is 4. The van der Waals surface area contributed by atoms with Crippen molar-refractivity contribution < 1.29 is 9.59 Å². The average molecular weight is 347 g/mol. The first-order valence-corrected chi connectivity index (χ1v) is 10.6. The van der Waals surface area contributed by atoms with Crippen molar-refractivity contribution in [3.63, 3.8) is 0 Å². The summed E-state index contributed by atoms with van der Waals surface area (Å²) in [5.74, 6) is 2.75. The van der Waals surface area contributed by atoms with Gasteiger partial charge in [0.05, 0.1) is 0 Å². The van der Waals surface area contributed by atoms with Crippen LogP contribution in [0.5, 0.6) is 0 Å². The van der Waals surface area contributed by atoms with Gasteiger partial charge in [-0.2, -0.15) is 0 Å². The minimum atomic E-state index is -0.349. The molecule has 2 amide bonds. The van der Waals surface area contributed by atoms with Gasteiger partial charge in [-0.1, -0.05) is 13.8 Å². The number of nitrogens with zero attached hydrogens (tertiary/aromatic N) is 1. The van der Waals surface area contributed by atoms with Crippen molar-refractivity contribution in [1.82, 2.24) is 10.2 Å². The van der Waals surface area contributed by atoms with Crippen molar-refractivity contribution in [3.8, 4) is 0 Å². The van der Waals surface area contributed by atoms with Crippen LogP contribution in [0.15, 0.2) is 0 Å². The molecule has 25 heavy (non-hydrogen) atoms. The van der Waals surface area contributed by atoms with E-state index >= 15 is 0 Å². The number of nitrogens with one attached hydrogen (secondary N) is 1. The number of carbonyl (C=O) groups excluding carboxylic acids is 2. The van der Waals surface area contributed by atoms with Crippen molar-refractivity contribution in [2.75, 3.05) is 13.1 Å². The summed E-state index contributed by atoms with van der Waals surface area (Å²) in [6.45, 7) is 5.84. The summed E-state index contributed by atoms with van der Waals surface area (Å²) in [6, 6.07) is -0.349. The Morgan fingerprint density at radius 2 is 1.44 bits per heavy atom. The zero-order valence-corrected chi connectivity index (χ0v) is 15.9. The molecule has 1 N–H and O–H groups in total. The summed E-state index contributed by atoms with van der Waals surface area (Å²) in [5.41, 5.74) is -0.163. The van der Waals surface area contributed by atoms with Crippen LogP contribution in [0.1, 0.15) is 71.6 Å². The van der Waals surface area contributed by atoms with Crippen LogP contribution in [-0.4, -0.2) is 35.8 Å². The fourth-order valence-electron chi connectivity index (χ4n) is 6.51. The number of likely N-dealkylation sites (tertiary alicyclic amines) is 1. The monoisotopic (exact) mass is 346 g/mol. The Bertz CT molecular complexity index is 501. The van der Waals surface area contributed by atoms with Crippen LogP contribution in [0.4, 0.5) is 0 Å². The van der Waals surface area contributed by atoms with Crippen LogP contribution in [-0.2, 0) is 9.59 Å². The van der Waals surface area contributed by atoms with Crippen LogP contribution in [0.25, 0.3) is 0 Å². The van der Waals surface area contributed by atoms with Crippen LogP contribution in [0.2, 0.25) is 0 Å². The van der Waals surface area contributed by atoms with E-state index in [0.29, 0.717) is 0 Å². The van der Waals surface area contributed by atoms with Gasteiger partial charge in [0.25, 0.3) is 0 Å². The largest absolute Gasteiger partial charge is 0.344 e. The standard InChI is InChI=1S/C21H34N2O2/c1-14(2)18(19(24)23-6-4-3-5-7-23)22-20(25)21-11-15-8-16(12-21)10-17(9-15)13-21/h14-18H,3-13H2,1-2H3,(H,22,25). The van der Waals surface area contributed by atoms with E-state index in [-0.39, 0.29) is 29.2 Å². The van der Waals surface area contributed by atoms with Crippen LogP contribution >= 0.6 is 0 Å². The SMILES string of the molecule is CC(C)C(NC(=O)C12CC3CC(CC(C3)C1)C2)C(=O)N1CCCCC1. The maximum absolute atomic E-state index is 13.3. The van der Waals surface area contributed by atoms with Gasteiger partial charge in [-0.05, 0) is 81.5 Å². The molecule has 4 heteroatoms. The maximum atomic E-state index is 13.3. The smallest absolute Gasteiger partial charge is 0.245 e. The Kier molecular flexibility index (Phi) is 4.57. The molecule has 4 aliphatic carbocycles. The van der Waals surface area contributed by atoms with Crippen molar-refractivity contribution in [2.45, 2.75) is 77.7 Å². The van der Waals surface area contributed by atoms with E-state index in [1.807, 2.05) is 4.90 Å². The normalized spacial score (nSPS) is 38.0. The summed E-state index contributed by atoms with van der Waals surface area (Å²) >= 11 is 0. The molecule has 5 fully saturated rings. The van der Waals surface area contributed by atoms with E-state index in [0.717, 1.165) is 62.9 Å². The second-order valence-corrected chi connectivity index (χ2v) is 9.78. The minimum absolute atomic E-state index is 0.146. The number of amides is 2. The van der Waals surface area contributed by atoms with Gasteiger partial charge in [-0.3, -0.25) is 9.59 Å². The molecule has 4 bridgehead atoms. The molecule has 4 nitrogen and oxygen atoms in total. The lowest BCUT2D eigenvalue weighted by molar-refractivity contribution is -0.150. The fraction of sp³-hybridized carbons (Fsp3) is 0.905. The first kappa shape index (κ1) is 17.4. The molecule has 1 heterocycles. The molecule has 0 aromatic rings. The first-order chi connectivity index (χ1) is 12.0. The lowest BCUT2D eigenvalue weighted by Crippen LogP contribution is -2.59. The number of piperidine rings is 1. The molecule has 0 spiro atoms. The van der Waals surface area contributed by atoms with E-state index in [1.54, 1.807) is 0 Å². The van der Waals surface area contributed by atoms with Gasteiger partial charge in [0.15, 0.2) is 0 Å². The molecule has 4 saturated carbocycles. The Morgan fingerprint density at radius 3 is 1.92 bits per heavy atom. The van der Waals surface area contributed by atoms with Crippen LogP contribution in [0, 0.1) is 29.1 Å². The Hall–Kier alpha value is -1.06. The lowest BCUT2D eigenvalue weighted by Gasteiger charge is -2.56. The number of carbonyl (C=O) groups is 2. The van der Waals surface area contributed by atoms with Gasteiger partial charge in [0.1, 0.15) is 6.04 Å².